The SMILES string of the molecule is CC(=O)O[C@@H](C(=O)OC1=CC[C@@]2(O)C3Cc4ccc(O)c5c4[C@@]2(CCN3C)[C@H]1O5)[C@@H](OC(C)=O)C(=O)O[C@@H](CC(=O)O)C(=O)OC(=O)C(F)(F)F. The number of phenols is 1. The van der Waals surface area contributed by atoms with Crippen LogP contribution in [0.4, 0.5) is 13.2 Å². The third-order valence-corrected chi connectivity index (χ3v) is 9.20. The lowest BCUT2D eigenvalue weighted by molar-refractivity contribution is -0.208. The van der Waals surface area contributed by atoms with E-state index in [1.807, 2.05) is 11.9 Å². The topological polar surface area (TPSA) is 239 Å². The summed E-state index contributed by atoms with van der Waals surface area (Å²) in [7, 11) is 1.83. The average Bonchev–Trinajstić information content (AvgIpc) is 3.38. The first kappa shape index (κ1) is 37.0. The number of benzene rings is 1. The van der Waals surface area contributed by atoms with Gasteiger partial charge in [-0.2, -0.15) is 13.2 Å². The molecule has 0 saturated carbocycles. The number of hydrogen-bond acceptors (Lipinski definition) is 16. The summed E-state index contributed by atoms with van der Waals surface area (Å²) >= 11 is 0. The molecular weight excluding hydrogens is 699 g/mol. The predicted octanol–water partition coefficient (Wildman–Crippen LogP) is 0.0951. The van der Waals surface area contributed by atoms with Crippen LogP contribution in [0.25, 0.3) is 0 Å². The van der Waals surface area contributed by atoms with Crippen molar-refractivity contribution in [3.63, 3.8) is 0 Å². The first-order chi connectivity index (χ1) is 23.7. The number of alkyl halides is 3. The predicted molar refractivity (Wildman–Crippen MR) is 153 cm³/mol. The van der Waals surface area contributed by atoms with E-state index in [-0.39, 0.29) is 30.1 Å². The molecule has 20 heteroatoms. The summed E-state index contributed by atoms with van der Waals surface area (Å²) in [4.78, 5) is 87.8. The lowest BCUT2D eigenvalue weighted by Crippen LogP contribution is -2.74. The van der Waals surface area contributed by atoms with E-state index in [9.17, 15) is 56.9 Å². The number of aliphatic hydroxyl groups is 1. The quantitative estimate of drug-likeness (QED) is 0.164. The number of phenolic OH excluding ortho intramolecular Hbond substituents is 1. The van der Waals surface area contributed by atoms with Gasteiger partial charge >= 0.3 is 48.0 Å². The van der Waals surface area contributed by atoms with Crippen molar-refractivity contribution in [2.24, 2.45) is 0 Å². The van der Waals surface area contributed by atoms with Gasteiger partial charge in [-0.15, -0.1) is 0 Å². The monoisotopic (exact) mass is 729 g/mol. The van der Waals surface area contributed by atoms with Gasteiger partial charge in [-0.05, 0) is 44.1 Å². The Bertz CT molecular complexity index is 1740. The van der Waals surface area contributed by atoms with Crippen LogP contribution in [0.15, 0.2) is 24.0 Å². The molecule has 17 nitrogen and oxygen atoms in total. The number of carboxylic acids is 1. The van der Waals surface area contributed by atoms with Gasteiger partial charge in [-0.25, -0.2) is 19.2 Å². The Morgan fingerprint density at radius 2 is 1.63 bits per heavy atom. The number of aliphatic carboxylic acids is 1. The van der Waals surface area contributed by atoms with Gasteiger partial charge in [0.1, 0.15) is 5.76 Å². The third-order valence-electron chi connectivity index (χ3n) is 9.20. The molecular formula is C31H30F3NO16. The zero-order chi connectivity index (χ0) is 37.8. The standard InChI is InChI=1S/C31H30F3NO16/c1-12(36)46-22(23(47-13(2)37)27(43)49-17(11-19(39)40)25(41)51-28(44)31(32,33)34)26(42)48-16-6-7-30(45)18-10-14-4-5-15(38)21-20(14)29(30,24(16)50-21)8-9-35(18)3/h4-6,17-18,22-24,38,45H,7-11H2,1-3H3,(H,39,40)/t17-,18?,22+,23+,24-,29-,30+/m0/s1. The molecule has 2 aliphatic heterocycles. The van der Waals surface area contributed by atoms with Crippen molar-refractivity contribution in [3.8, 4) is 11.5 Å². The molecule has 2 aliphatic carbocycles. The van der Waals surface area contributed by atoms with Crippen LogP contribution in [0.2, 0.25) is 0 Å². The summed E-state index contributed by atoms with van der Waals surface area (Å²) in [5.41, 5.74) is -1.48. The van der Waals surface area contributed by atoms with Crippen molar-refractivity contribution in [2.75, 3.05) is 13.6 Å². The minimum absolute atomic E-state index is 0.0426. The van der Waals surface area contributed by atoms with Crippen LogP contribution in [-0.2, 0) is 69.1 Å². The van der Waals surface area contributed by atoms with Crippen LogP contribution in [0.5, 0.6) is 11.5 Å². The number of likely N-dealkylation sites (N-methyl/N-ethyl adjacent to an activating group) is 1. The zero-order valence-electron chi connectivity index (χ0n) is 26.9. The lowest BCUT2D eigenvalue weighted by Gasteiger charge is -2.61. The number of carboxylic acid groups (broad SMARTS) is 1. The van der Waals surface area contributed by atoms with E-state index in [4.69, 9.17) is 24.1 Å². The van der Waals surface area contributed by atoms with Crippen molar-refractivity contribution in [1.29, 1.82) is 0 Å². The Hall–Kier alpha value is -5.24. The summed E-state index contributed by atoms with van der Waals surface area (Å²) < 4.78 is 67.7. The highest BCUT2D eigenvalue weighted by molar-refractivity contribution is 5.95. The van der Waals surface area contributed by atoms with Crippen LogP contribution < -0.4 is 4.74 Å². The number of piperidine rings is 1. The summed E-state index contributed by atoms with van der Waals surface area (Å²) in [6.45, 7) is 1.94. The van der Waals surface area contributed by atoms with Crippen LogP contribution in [0.3, 0.4) is 0 Å². The van der Waals surface area contributed by atoms with Gasteiger partial charge in [0.25, 0.3) is 0 Å². The van der Waals surface area contributed by atoms with Crippen LogP contribution in [0, 0.1) is 0 Å². The molecule has 2 heterocycles. The van der Waals surface area contributed by atoms with Crippen LogP contribution in [0.1, 0.15) is 44.2 Å². The number of likely N-dealkylation sites (tertiary alicyclic amines) is 1. The lowest BCUT2D eigenvalue weighted by atomic mass is 9.50. The fraction of sp³-hybridized carbons (Fsp3) is 0.516. The summed E-state index contributed by atoms with van der Waals surface area (Å²) in [6, 6.07) is 2.68. The van der Waals surface area contributed by atoms with Crippen LogP contribution in [-0.4, -0.2) is 118 Å². The van der Waals surface area contributed by atoms with Gasteiger partial charge in [-0.1, -0.05) is 6.07 Å². The van der Waals surface area contributed by atoms with Gasteiger partial charge in [0.15, 0.2) is 17.6 Å². The van der Waals surface area contributed by atoms with E-state index in [1.165, 1.54) is 12.1 Å². The molecule has 0 radical (unpaired) electrons. The maximum atomic E-state index is 13.8. The van der Waals surface area contributed by atoms with Crippen LogP contribution >= 0.6 is 0 Å². The Balaban J connectivity index is 1.46. The molecule has 5 rings (SSSR count). The van der Waals surface area contributed by atoms with E-state index < -0.39 is 95.9 Å². The highest BCUT2D eigenvalue weighted by Crippen LogP contribution is 2.65. The van der Waals surface area contributed by atoms with Gasteiger partial charge in [-0.3, -0.25) is 14.4 Å². The molecule has 276 valence electrons. The number of nitrogens with zero attached hydrogens (tertiary/aromatic N) is 1. The van der Waals surface area contributed by atoms with Gasteiger partial charge < -0.3 is 48.6 Å². The fourth-order valence-corrected chi connectivity index (χ4v) is 7.19. The maximum absolute atomic E-state index is 13.8. The molecule has 1 fully saturated rings. The molecule has 1 unspecified atom stereocenters. The van der Waals surface area contributed by atoms with Gasteiger partial charge in [0.05, 0.1) is 17.4 Å². The number of aromatic hydroxyl groups is 1. The largest absolute Gasteiger partial charge is 0.504 e. The highest BCUT2D eigenvalue weighted by Gasteiger charge is 2.72. The zero-order valence-corrected chi connectivity index (χ0v) is 26.9. The summed E-state index contributed by atoms with van der Waals surface area (Å²) in [5.74, 6) is -14.0. The Labute approximate surface area is 284 Å². The number of rotatable bonds is 10. The van der Waals surface area contributed by atoms with E-state index in [0.29, 0.717) is 18.5 Å². The first-order valence-corrected chi connectivity index (χ1v) is 15.2. The Morgan fingerprint density at radius 3 is 2.22 bits per heavy atom. The Kier molecular flexibility index (Phi) is 9.54. The molecule has 1 aromatic rings. The number of carbonyl (C=O) groups is 7. The van der Waals surface area contributed by atoms with E-state index >= 15 is 0 Å². The molecule has 4 aliphatic rings. The maximum Gasteiger partial charge on any atom is 0.491 e. The molecule has 2 bridgehead atoms. The summed E-state index contributed by atoms with van der Waals surface area (Å²) in [5, 5.41) is 32.1. The van der Waals surface area contributed by atoms with E-state index in [0.717, 1.165) is 19.4 Å². The molecule has 0 aromatic heterocycles. The highest BCUT2D eigenvalue weighted by atomic mass is 19.4. The van der Waals surface area contributed by atoms with Crippen molar-refractivity contribution < 1.29 is 90.5 Å². The molecule has 0 amide bonds. The number of esters is 6. The third kappa shape index (κ3) is 6.44. The van der Waals surface area contributed by atoms with E-state index in [2.05, 4.69) is 9.47 Å². The minimum atomic E-state index is -5.71. The van der Waals surface area contributed by atoms with Crippen molar-refractivity contribution >= 4 is 41.8 Å². The van der Waals surface area contributed by atoms with Crippen molar-refractivity contribution in [1.82, 2.24) is 4.90 Å². The second-order valence-electron chi connectivity index (χ2n) is 12.3. The fourth-order valence-electron chi connectivity index (χ4n) is 7.19. The number of carbonyl (C=O) groups excluding carboxylic acids is 6. The number of ether oxygens (including phenoxy) is 6. The molecule has 1 spiro atoms. The second-order valence-corrected chi connectivity index (χ2v) is 12.3. The normalized spacial score (nSPS) is 26.1. The first-order valence-electron chi connectivity index (χ1n) is 15.2. The number of hydrogen-bond donors (Lipinski definition) is 3. The average molecular weight is 730 g/mol. The smallest absolute Gasteiger partial charge is 0.491 e. The molecule has 1 aromatic carbocycles. The van der Waals surface area contributed by atoms with E-state index in [1.54, 1.807) is 6.07 Å². The molecule has 3 N–H and O–H groups in total. The molecule has 7 atom stereocenters. The van der Waals surface area contributed by atoms with Crippen molar-refractivity contribution in [2.45, 2.75) is 87.2 Å². The number of halogens is 3. The van der Waals surface area contributed by atoms with Gasteiger partial charge in [0.2, 0.25) is 18.3 Å². The molecule has 51 heavy (non-hydrogen) atoms. The van der Waals surface area contributed by atoms with Crippen molar-refractivity contribution in [3.05, 3.63) is 35.1 Å². The second kappa shape index (κ2) is 13.1. The molecule has 1 saturated heterocycles. The van der Waals surface area contributed by atoms with Gasteiger partial charge in [0, 0.05) is 31.9 Å². The summed E-state index contributed by atoms with van der Waals surface area (Å²) in [6.07, 6.45) is -14.7. The Morgan fingerprint density at radius 1 is 1.00 bits per heavy atom. The minimum Gasteiger partial charge on any atom is -0.504 e.